The van der Waals surface area contributed by atoms with Crippen LogP contribution in [0.1, 0.15) is 11.3 Å². The molecule has 3 aromatic rings. The number of hydrogen-bond acceptors (Lipinski definition) is 4. The van der Waals surface area contributed by atoms with E-state index in [2.05, 4.69) is 4.98 Å². The van der Waals surface area contributed by atoms with E-state index < -0.39 is 0 Å². The van der Waals surface area contributed by atoms with Crippen LogP contribution in [-0.2, 0) is 17.8 Å². The third-order valence-electron chi connectivity index (χ3n) is 5.77. The first-order valence-corrected chi connectivity index (χ1v) is 10.5. The standard InChI is InChI=1S/C22H20ClN5O3/c23-15-6-7-19-24-18-8-9-25(13-17(18)21(30)28(19)12-15)20(29)14-26-10-11-27(22(26)31)16-4-2-1-3-5-16/h1-7,12H,8-11,13-14H2. The molecule has 0 atom stereocenters. The van der Waals surface area contributed by atoms with Gasteiger partial charge in [-0.3, -0.25) is 18.9 Å². The van der Waals surface area contributed by atoms with Gasteiger partial charge in [-0.15, -0.1) is 0 Å². The van der Waals surface area contributed by atoms with Gasteiger partial charge in [-0.1, -0.05) is 29.8 Å². The van der Waals surface area contributed by atoms with Crippen molar-refractivity contribution in [2.45, 2.75) is 13.0 Å². The fourth-order valence-electron chi connectivity index (χ4n) is 4.12. The fraction of sp³-hybridized carbons (Fsp3) is 0.273. The number of hydrogen-bond donors (Lipinski definition) is 0. The lowest BCUT2D eigenvalue weighted by atomic mass is 10.1. The Labute approximate surface area is 183 Å². The molecule has 2 aliphatic heterocycles. The number of nitrogens with zero attached hydrogens (tertiary/aromatic N) is 5. The number of para-hydroxylation sites is 1. The molecule has 1 fully saturated rings. The molecule has 1 saturated heterocycles. The number of carbonyl (C=O) groups excluding carboxylic acids is 2. The predicted molar refractivity (Wildman–Crippen MR) is 116 cm³/mol. The van der Waals surface area contributed by atoms with Crippen LogP contribution in [0.5, 0.6) is 0 Å². The maximum absolute atomic E-state index is 12.9. The molecule has 0 spiro atoms. The van der Waals surface area contributed by atoms with E-state index >= 15 is 0 Å². The molecule has 0 bridgehead atoms. The van der Waals surface area contributed by atoms with Gasteiger partial charge in [0, 0.05) is 37.9 Å². The zero-order chi connectivity index (χ0) is 21.5. The lowest BCUT2D eigenvalue weighted by Gasteiger charge is -2.29. The molecule has 0 saturated carbocycles. The largest absolute Gasteiger partial charge is 0.336 e. The Hall–Kier alpha value is -3.39. The molecule has 3 amide bonds. The number of rotatable bonds is 3. The summed E-state index contributed by atoms with van der Waals surface area (Å²) in [5.41, 5.74) is 2.35. The minimum atomic E-state index is -0.215. The third kappa shape index (κ3) is 3.53. The van der Waals surface area contributed by atoms with Crippen molar-refractivity contribution in [1.82, 2.24) is 19.2 Å². The minimum Gasteiger partial charge on any atom is -0.336 e. The van der Waals surface area contributed by atoms with Gasteiger partial charge in [0.25, 0.3) is 5.56 Å². The average Bonchev–Trinajstić information content (AvgIpc) is 3.15. The van der Waals surface area contributed by atoms with E-state index in [-0.39, 0.29) is 30.6 Å². The van der Waals surface area contributed by atoms with E-state index in [1.165, 1.54) is 10.6 Å². The number of amides is 3. The van der Waals surface area contributed by atoms with Crippen molar-refractivity contribution < 1.29 is 9.59 Å². The molecule has 0 aliphatic carbocycles. The number of halogens is 1. The quantitative estimate of drug-likeness (QED) is 0.629. The Morgan fingerprint density at radius 1 is 1.03 bits per heavy atom. The smallest absolute Gasteiger partial charge is 0.325 e. The average molecular weight is 438 g/mol. The van der Waals surface area contributed by atoms with Crippen molar-refractivity contribution in [2.24, 2.45) is 0 Å². The van der Waals surface area contributed by atoms with Crippen LogP contribution in [0.25, 0.3) is 5.65 Å². The Morgan fingerprint density at radius 2 is 1.84 bits per heavy atom. The number of benzene rings is 1. The van der Waals surface area contributed by atoms with Crippen LogP contribution in [0, 0.1) is 0 Å². The summed E-state index contributed by atoms with van der Waals surface area (Å²) in [4.78, 5) is 48.1. The number of fused-ring (bicyclic) bond motifs is 2. The molecule has 158 valence electrons. The highest BCUT2D eigenvalue weighted by atomic mass is 35.5. The van der Waals surface area contributed by atoms with E-state index in [1.54, 1.807) is 26.8 Å². The highest BCUT2D eigenvalue weighted by Crippen LogP contribution is 2.21. The first-order valence-electron chi connectivity index (χ1n) is 10.1. The van der Waals surface area contributed by atoms with Crippen LogP contribution in [0.4, 0.5) is 10.5 Å². The minimum absolute atomic E-state index is 0.00826. The maximum Gasteiger partial charge on any atom is 0.325 e. The summed E-state index contributed by atoms with van der Waals surface area (Å²) < 4.78 is 1.41. The Bertz CT molecular complexity index is 1240. The monoisotopic (exact) mass is 437 g/mol. The fourth-order valence-corrected chi connectivity index (χ4v) is 4.29. The van der Waals surface area contributed by atoms with Crippen LogP contribution in [-0.4, -0.2) is 57.3 Å². The predicted octanol–water partition coefficient (Wildman–Crippen LogP) is 2.17. The van der Waals surface area contributed by atoms with E-state index in [0.29, 0.717) is 48.0 Å². The molecular formula is C22H20ClN5O3. The van der Waals surface area contributed by atoms with Crippen molar-refractivity contribution in [1.29, 1.82) is 0 Å². The first-order chi connectivity index (χ1) is 15.0. The highest BCUT2D eigenvalue weighted by molar-refractivity contribution is 6.30. The van der Waals surface area contributed by atoms with Crippen molar-refractivity contribution in [3.63, 3.8) is 0 Å². The summed E-state index contributed by atoms with van der Waals surface area (Å²) >= 11 is 6.02. The topological polar surface area (TPSA) is 78.2 Å². The van der Waals surface area contributed by atoms with E-state index in [1.807, 2.05) is 30.3 Å². The summed E-state index contributed by atoms with van der Waals surface area (Å²) in [5.74, 6) is -0.176. The van der Waals surface area contributed by atoms with Gasteiger partial charge in [0.15, 0.2) is 0 Å². The van der Waals surface area contributed by atoms with Crippen LogP contribution in [0.3, 0.4) is 0 Å². The lowest BCUT2D eigenvalue weighted by molar-refractivity contribution is -0.132. The van der Waals surface area contributed by atoms with Crippen LogP contribution < -0.4 is 10.5 Å². The molecule has 8 nitrogen and oxygen atoms in total. The molecule has 2 aromatic heterocycles. The summed E-state index contributed by atoms with van der Waals surface area (Å²) in [7, 11) is 0. The molecule has 4 heterocycles. The van der Waals surface area contributed by atoms with Gasteiger partial charge in [-0.25, -0.2) is 9.78 Å². The molecular weight excluding hydrogens is 418 g/mol. The number of anilines is 1. The van der Waals surface area contributed by atoms with Crippen LogP contribution in [0.2, 0.25) is 5.02 Å². The zero-order valence-electron chi connectivity index (χ0n) is 16.7. The second-order valence-corrected chi connectivity index (χ2v) is 8.11. The first kappa shape index (κ1) is 19.6. The number of aromatic nitrogens is 2. The molecule has 1 aromatic carbocycles. The zero-order valence-corrected chi connectivity index (χ0v) is 17.5. The molecule has 2 aliphatic rings. The van der Waals surface area contributed by atoms with Crippen molar-refractivity contribution in [2.75, 3.05) is 31.1 Å². The van der Waals surface area contributed by atoms with Crippen molar-refractivity contribution in [3.05, 3.63) is 75.3 Å². The Morgan fingerprint density at radius 3 is 2.65 bits per heavy atom. The summed E-state index contributed by atoms with van der Waals surface area (Å²) in [5, 5.41) is 0.440. The molecule has 5 rings (SSSR count). The second kappa shape index (κ2) is 7.70. The summed E-state index contributed by atoms with van der Waals surface area (Å²) in [6, 6.07) is 12.6. The number of carbonyl (C=O) groups is 2. The summed E-state index contributed by atoms with van der Waals surface area (Å²) in [6.45, 7) is 1.66. The summed E-state index contributed by atoms with van der Waals surface area (Å²) in [6.07, 6.45) is 2.04. The van der Waals surface area contributed by atoms with Crippen LogP contribution in [0.15, 0.2) is 53.5 Å². The van der Waals surface area contributed by atoms with Gasteiger partial charge >= 0.3 is 6.03 Å². The number of pyridine rings is 1. The van der Waals surface area contributed by atoms with E-state index in [9.17, 15) is 14.4 Å². The van der Waals surface area contributed by atoms with Gasteiger partial charge in [0.2, 0.25) is 5.91 Å². The van der Waals surface area contributed by atoms with Crippen molar-refractivity contribution in [3.8, 4) is 0 Å². The Kier molecular flexibility index (Phi) is 4.86. The second-order valence-electron chi connectivity index (χ2n) is 7.67. The molecule has 0 radical (unpaired) electrons. The molecule has 0 N–H and O–H groups in total. The van der Waals surface area contributed by atoms with Gasteiger partial charge in [-0.05, 0) is 24.3 Å². The van der Waals surface area contributed by atoms with Gasteiger partial charge < -0.3 is 9.80 Å². The van der Waals surface area contributed by atoms with E-state index in [4.69, 9.17) is 11.6 Å². The maximum atomic E-state index is 12.9. The Balaban J connectivity index is 1.32. The highest BCUT2D eigenvalue weighted by Gasteiger charge is 2.33. The van der Waals surface area contributed by atoms with Crippen LogP contribution >= 0.6 is 11.6 Å². The normalized spacial score (nSPS) is 16.2. The third-order valence-corrected chi connectivity index (χ3v) is 6.00. The number of urea groups is 1. The van der Waals surface area contributed by atoms with Gasteiger partial charge in [0.1, 0.15) is 12.2 Å². The lowest BCUT2D eigenvalue weighted by Crippen LogP contribution is -2.45. The van der Waals surface area contributed by atoms with Crippen molar-refractivity contribution >= 4 is 34.9 Å². The van der Waals surface area contributed by atoms with Gasteiger partial charge in [0.05, 0.1) is 22.8 Å². The van der Waals surface area contributed by atoms with E-state index in [0.717, 1.165) is 5.69 Å². The SMILES string of the molecule is O=C(CN1CCN(c2ccccc2)C1=O)N1CCc2nc3ccc(Cl)cn3c(=O)c2C1. The van der Waals surface area contributed by atoms with Gasteiger partial charge in [-0.2, -0.15) is 0 Å². The molecule has 0 unspecified atom stereocenters. The molecule has 9 heteroatoms. The molecule has 31 heavy (non-hydrogen) atoms.